The fourth-order valence-electron chi connectivity index (χ4n) is 4.57. The number of hydrogen-bond donors (Lipinski definition) is 1. The Bertz CT molecular complexity index is 721. The van der Waals surface area contributed by atoms with E-state index in [1.54, 1.807) is 24.3 Å². The third kappa shape index (κ3) is 3.59. The SMILES string of the molecule is CC(C)C[C@@H]1NC2(CCN(C(=O)c3ccc(Cl)cc3)CC2)N(C2CC2)C1=O. The van der Waals surface area contributed by atoms with Crippen molar-refractivity contribution in [1.29, 1.82) is 0 Å². The molecule has 1 aromatic carbocycles. The molecular formula is C21H28ClN3O2. The predicted octanol–water partition coefficient (Wildman–Crippen LogP) is 3.28. The van der Waals surface area contributed by atoms with Gasteiger partial charge in [0.05, 0.1) is 11.7 Å². The minimum Gasteiger partial charge on any atom is -0.338 e. The standard InChI is InChI=1S/C21H28ClN3O2/c1-14(2)13-18-20(27)25(17-7-8-17)21(23-18)9-11-24(12-10-21)19(26)15-3-5-16(22)6-4-15/h3-6,14,17-18,23H,7-13H2,1-2H3/t18-/m0/s1. The summed E-state index contributed by atoms with van der Waals surface area (Å²) in [7, 11) is 0. The Hall–Kier alpha value is -1.59. The number of piperidine rings is 1. The molecule has 27 heavy (non-hydrogen) atoms. The number of halogens is 1. The Labute approximate surface area is 166 Å². The lowest BCUT2D eigenvalue weighted by Crippen LogP contribution is -2.60. The van der Waals surface area contributed by atoms with Gasteiger partial charge in [0.15, 0.2) is 0 Å². The van der Waals surface area contributed by atoms with Gasteiger partial charge in [-0.3, -0.25) is 14.9 Å². The van der Waals surface area contributed by atoms with E-state index in [0.29, 0.717) is 35.6 Å². The van der Waals surface area contributed by atoms with E-state index in [2.05, 4.69) is 24.1 Å². The van der Waals surface area contributed by atoms with E-state index < -0.39 is 0 Å². The van der Waals surface area contributed by atoms with E-state index >= 15 is 0 Å². The van der Waals surface area contributed by atoms with Gasteiger partial charge in [0.1, 0.15) is 0 Å². The number of carbonyl (C=O) groups excluding carboxylic acids is 2. The number of nitrogens with zero attached hydrogens (tertiary/aromatic N) is 2. The van der Waals surface area contributed by atoms with Crippen LogP contribution in [0.4, 0.5) is 0 Å². The van der Waals surface area contributed by atoms with Crippen molar-refractivity contribution < 1.29 is 9.59 Å². The number of amides is 2. The first-order chi connectivity index (χ1) is 12.9. The van der Waals surface area contributed by atoms with Gasteiger partial charge in [-0.25, -0.2) is 0 Å². The van der Waals surface area contributed by atoms with Gasteiger partial charge >= 0.3 is 0 Å². The molecule has 2 saturated heterocycles. The molecule has 0 aromatic heterocycles. The molecule has 6 heteroatoms. The highest BCUT2D eigenvalue weighted by molar-refractivity contribution is 6.30. The van der Waals surface area contributed by atoms with Crippen LogP contribution in [0.1, 0.15) is 56.3 Å². The smallest absolute Gasteiger partial charge is 0.253 e. The van der Waals surface area contributed by atoms with Crippen molar-refractivity contribution in [2.24, 2.45) is 5.92 Å². The highest BCUT2D eigenvalue weighted by Crippen LogP contribution is 2.42. The molecule has 1 aliphatic carbocycles. The van der Waals surface area contributed by atoms with Gasteiger partial charge in [0, 0.05) is 42.6 Å². The second-order valence-electron chi connectivity index (χ2n) is 8.60. The van der Waals surface area contributed by atoms with Crippen molar-refractivity contribution in [1.82, 2.24) is 15.1 Å². The molecule has 4 rings (SSSR count). The first-order valence-electron chi connectivity index (χ1n) is 10.1. The summed E-state index contributed by atoms with van der Waals surface area (Å²) in [5.74, 6) is 0.792. The maximum atomic E-state index is 13.0. The van der Waals surface area contributed by atoms with E-state index in [4.69, 9.17) is 11.6 Å². The van der Waals surface area contributed by atoms with Crippen molar-refractivity contribution in [3.8, 4) is 0 Å². The van der Waals surface area contributed by atoms with E-state index in [0.717, 1.165) is 32.1 Å². The van der Waals surface area contributed by atoms with Gasteiger partial charge in [-0.15, -0.1) is 0 Å². The Kier molecular flexibility index (Phi) is 4.93. The summed E-state index contributed by atoms with van der Waals surface area (Å²) in [6.45, 7) is 5.66. The molecular weight excluding hydrogens is 362 g/mol. The average Bonchev–Trinajstić information content (AvgIpc) is 3.43. The Morgan fingerprint density at radius 2 is 1.85 bits per heavy atom. The van der Waals surface area contributed by atoms with Crippen LogP contribution in [0.5, 0.6) is 0 Å². The lowest BCUT2D eigenvalue weighted by Gasteiger charge is -2.45. The van der Waals surface area contributed by atoms with E-state index in [9.17, 15) is 9.59 Å². The first kappa shape index (κ1) is 18.8. The van der Waals surface area contributed by atoms with E-state index in [1.807, 2.05) is 4.90 Å². The molecule has 3 aliphatic rings. The quantitative estimate of drug-likeness (QED) is 0.859. The summed E-state index contributed by atoms with van der Waals surface area (Å²) >= 11 is 5.93. The maximum absolute atomic E-state index is 13.0. The Morgan fingerprint density at radius 1 is 1.22 bits per heavy atom. The average molecular weight is 390 g/mol. The minimum atomic E-state index is -0.269. The molecule has 2 heterocycles. The van der Waals surface area contributed by atoms with Crippen molar-refractivity contribution in [2.75, 3.05) is 13.1 Å². The van der Waals surface area contributed by atoms with Gasteiger partial charge in [0.25, 0.3) is 5.91 Å². The Balaban J connectivity index is 1.47. The van der Waals surface area contributed by atoms with Gasteiger partial charge in [-0.1, -0.05) is 25.4 Å². The number of rotatable bonds is 4. The second kappa shape index (κ2) is 7.10. The van der Waals surface area contributed by atoms with Gasteiger partial charge in [-0.2, -0.15) is 0 Å². The van der Waals surface area contributed by atoms with Gasteiger partial charge < -0.3 is 9.80 Å². The molecule has 1 N–H and O–H groups in total. The fraction of sp³-hybridized carbons (Fsp3) is 0.619. The van der Waals surface area contributed by atoms with E-state index in [-0.39, 0.29) is 23.5 Å². The zero-order chi connectivity index (χ0) is 19.2. The summed E-state index contributed by atoms with van der Waals surface area (Å²) in [4.78, 5) is 29.9. The van der Waals surface area contributed by atoms with Crippen LogP contribution in [-0.4, -0.2) is 52.5 Å². The van der Waals surface area contributed by atoms with Crippen LogP contribution in [0.15, 0.2) is 24.3 Å². The molecule has 1 atom stereocenters. The molecule has 2 amide bonds. The van der Waals surface area contributed by atoms with Gasteiger partial charge in [0.2, 0.25) is 5.91 Å². The molecule has 1 aromatic rings. The van der Waals surface area contributed by atoms with Crippen molar-refractivity contribution >= 4 is 23.4 Å². The Morgan fingerprint density at radius 3 is 2.41 bits per heavy atom. The van der Waals surface area contributed by atoms with Crippen LogP contribution in [0.3, 0.4) is 0 Å². The van der Waals surface area contributed by atoms with Crippen LogP contribution in [0.2, 0.25) is 5.02 Å². The summed E-state index contributed by atoms with van der Waals surface area (Å²) < 4.78 is 0. The number of hydrogen-bond acceptors (Lipinski definition) is 3. The lowest BCUT2D eigenvalue weighted by molar-refractivity contribution is -0.134. The number of carbonyl (C=O) groups is 2. The van der Waals surface area contributed by atoms with Crippen LogP contribution in [0, 0.1) is 5.92 Å². The van der Waals surface area contributed by atoms with Crippen LogP contribution in [0.25, 0.3) is 0 Å². The normalized spacial score (nSPS) is 24.9. The monoisotopic (exact) mass is 389 g/mol. The first-order valence-corrected chi connectivity index (χ1v) is 10.4. The molecule has 1 saturated carbocycles. The number of benzene rings is 1. The van der Waals surface area contributed by atoms with Crippen LogP contribution >= 0.6 is 11.6 Å². The summed E-state index contributed by atoms with van der Waals surface area (Å²) in [6, 6.07) is 7.37. The van der Waals surface area contributed by atoms with Crippen molar-refractivity contribution in [3.63, 3.8) is 0 Å². The van der Waals surface area contributed by atoms with Gasteiger partial charge in [-0.05, 0) is 49.4 Å². The molecule has 3 fully saturated rings. The molecule has 146 valence electrons. The molecule has 0 bridgehead atoms. The third-order valence-electron chi connectivity index (χ3n) is 6.03. The fourth-order valence-corrected chi connectivity index (χ4v) is 4.69. The van der Waals surface area contributed by atoms with Crippen molar-refractivity contribution in [3.05, 3.63) is 34.9 Å². The highest BCUT2D eigenvalue weighted by atomic mass is 35.5. The van der Waals surface area contributed by atoms with Crippen LogP contribution in [-0.2, 0) is 4.79 Å². The minimum absolute atomic E-state index is 0.0440. The third-order valence-corrected chi connectivity index (χ3v) is 6.28. The summed E-state index contributed by atoms with van der Waals surface area (Å²) in [6.07, 6.45) is 4.68. The zero-order valence-electron chi connectivity index (χ0n) is 16.1. The van der Waals surface area contributed by atoms with E-state index in [1.165, 1.54) is 0 Å². The maximum Gasteiger partial charge on any atom is 0.253 e. The summed E-state index contributed by atoms with van der Waals surface area (Å²) in [5, 5.41) is 4.32. The molecule has 0 radical (unpaired) electrons. The predicted molar refractivity (Wildman–Crippen MR) is 106 cm³/mol. The molecule has 2 aliphatic heterocycles. The highest BCUT2D eigenvalue weighted by Gasteiger charge is 2.56. The summed E-state index contributed by atoms with van der Waals surface area (Å²) in [5.41, 5.74) is 0.400. The van der Waals surface area contributed by atoms with Crippen LogP contribution < -0.4 is 5.32 Å². The zero-order valence-corrected chi connectivity index (χ0v) is 16.8. The topological polar surface area (TPSA) is 52.7 Å². The van der Waals surface area contributed by atoms with Crippen molar-refractivity contribution in [2.45, 2.75) is 63.7 Å². The largest absolute Gasteiger partial charge is 0.338 e. The molecule has 5 nitrogen and oxygen atoms in total. The number of nitrogens with one attached hydrogen (secondary N) is 1. The lowest BCUT2D eigenvalue weighted by atomic mass is 9.95. The second-order valence-corrected chi connectivity index (χ2v) is 9.03. The number of likely N-dealkylation sites (tertiary alicyclic amines) is 1. The molecule has 1 spiro atoms. The molecule has 0 unspecified atom stereocenters.